The van der Waals surface area contributed by atoms with Gasteiger partial charge in [-0.2, -0.15) is 0 Å². The molecule has 2 aromatic rings. The molecule has 3 nitrogen and oxygen atoms in total. The van der Waals surface area contributed by atoms with Gasteiger partial charge in [-0.1, -0.05) is 19.8 Å². The molecule has 3 rings (SSSR count). The third kappa shape index (κ3) is 2.69. The van der Waals surface area contributed by atoms with E-state index >= 15 is 0 Å². The van der Waals surface area contributed by atoms with Gasteiger partial charge in [0.15, 0.2) is 5.65 Å². The van der Waals surface area contributed by atoms with Crippen molar-refractivity contribution in [3.8, 4) is 0 Å². The van der Waals surface area contributed by atoms with E-state index in [1.165, 1.54) is 32.1 Å². The molecule has 1 saturated carbocycles. The molecular formula is C16H22ClN3. The maximum absolute atomic E-state index is 5.96. The predicted molar refractivity (Wildman–Crippen MR) is 83.2 cm³/mol. The highest BCUT2D eigenvalue weighted by molar-refractivity contribution is 6.17. The molecule has 0 spiro atoms. The van der Waals surface area contributed by atoms with E-state index in [9.17, 15) is 0 Å². The molecule has 4 heteroatoms. The predicted octanol–water partition coefficient (Wildman–Crippen LogP) is 4.35. The average molecular weight is 292 g/mol. The lowest BCUT2D eigenvalue weighted by atomic mass is 10.0. The third-order valence-corrected chi connectivity index (χ3v) is 4.62. The molecule has 0 amide bonds. The van der Waals surface area contributed by atoms with Gasteiger partial charge in [-0.25, -0.2) is 9.97 Å². The van der Waals surface area contributed by atoms with Gasteiger partial charge < -0.3 is 4.57 Å². The minimum atomic E-state index is 0.540. The van der Waals surface area contributed by atoms with Crippen molar-refractivity contribution in [1.82, 2.24) is 14.5 Å². The lowest BCUT2D eigenvalue weighted by molar-refractivity contribution is 0.429. The standard InChI is InChI=1S/C16H22ClN3/c1-12-4-2-5-13(8-7-12)20-15(9-10-17)19-14-6-3-11-18-16(14)20/h3,6,11-13H,2,4-5,7-10H2,1H3. The number of rotatable bonds is 3. The smallest absolute Gasteiger partial charge is 0.160 e. The minimum absolute atomic E-state index is 0.540. The minimum Gasteiger partial charge on any atom is -0.310 e. The molecule has 1 fully saturated rings. The zero-order chi connectivity index (χ0) is 13.9. The van der Waals surface area contributed by atoms with E-state index in [1.807, 2.05) is 12.3 Å². The van der Waals surface area contributed by atoms with Gasteiger partial charge in [-0.15, -0.1) is 11.6 Å². The SMILES string of the molecule is CC1CCCC(n2c(CCCl)nc3cccnc32)CC1. The molecule has 20 heavy (non-hydrogen) atoms. The van der Waals surface area contributed by atoms with E-state index in [2.05, 4.69) is 22.5 Å². The Morgan fingerprint density at radius 1 is 1.30 bits per heavy atom. The van der Waals surface area contributed by atoms with Crippen LogP contribution in [0.15, 0.2) is 18.3 Å². The number of halogens is 1. The Hall–Kier alpha value is -1.09. The van der Waals surface area contributed by atoms with Crippen LogP contribution in [0.5, 0.6) is 0 Å². The molecule has 0 aliphatic heterocycles. The van der Waals surface area contributed by atoms with Crippen molar-refractivity contribution in [2.75, 3.05) is 5.88 Å². The van der Waals surface area contributed by atoms with Gasteiger partial charge in [0.2, 0.25) is 0 Å². The Morgan fingerprint density at radius 2 is 2.20 bits per heavy atom. The molecule has 2 atom stereocenters. The summed E-state index contributed by atoms with van der Waals surface area (Å²) in [5.74, 6) is 2.57. The van der Waals surface area contributed by atoms with Crippen LogP contribution >= 0.6 is 11.6 Å². The van der Waals surface area contributed by atoms with E-state index in [4.69, 9.17) is 16.6 Å². The highest BCUT2D eigenvalue weighted by atomic mass is 35.5. The first kappa shape index (κ1) is 13.9. The summed E-state index contributed by atoms with van der Waals surface area (Å²) in [5.41, 5.74) is 2.04. The van der Waals surface area contributed by atoms with Gasteiger partial charge in [0, 0.05) is 24.5 Å². The van der Waals surface area contributed by atoms with Crippen LogP contribution in [0.1, 0.15) is 50.9 Å². The summed E-state index contributed by atoms with van der Waals surface area (Å²) in [6.45, 7) is 2.37. The van der Waals surface area contributed by atoms with E-state index < -0.39 is 0 Å². The van der Waals surface area contributed by atoms with Crippen LogP contribution < -0.4 is 0 Å². The van der Waals surface area contributed by atoms with Gasteiger partial charge in [0.05, 0.1) is 0 Å². The Labute approximate surface area is 125 Å². The Morgan fingerprint density at radius 3 is 3.05 bits per heavy atom. The van der Waals surface area contributed by atoms with Crippen molar-refractivity contribution in [2.45, 2.75) is 51.5 Å². The van der Waals surface area contributed by atoms with Gasteiger partial charge in [0.1, 0.15) is 11.3 Å². The number of alkyl halides is 1. The summed E-state index contributed by atoms with van der Waals surface area (Å²) >= 11 is 5.96. The molecule has 0 saturated heterocycles. The number of aromatic nitrogens is 3. The molecule has 2 heterocycles. The van der Waals surface area contributed by atoms with Crippen molar-refractivity contribution in [3.63, 3.8) is 0 Å². The molecule has 108 valence electrons. The lowest BCUT2D eigenvalue weighted by Gasteiger charge is -2.19. The number of hydrogen-bond acceptors (Lipinski definition) is 2. The molecule has 0 radical (unpaired) electrons. The molecule has 0 N–H and O–H groups in total. The normalized spacial score (nSPS) is 23.9. The van der Waals surface area contributed by atoms with Crippen molar-refractivity contribution in [2.24, 2.45) is 5.92 Å². The number of fused-ring (bicyclic) bond motifs is 1. The second-order valence-electron chi connectivity index (χ2n) is 5.95. The van der Waals surface area contributed by atoms with Crippen molar-refractivity contribution < 1.29 is 0 Å². The van der Waals surface area contributed by atoms with Crippen LogP contribution in [-0.2, 0) is 6.42 Å². The van der Waals surface area contributed by atoms with Crippen LogP contribution in [0.4, 0.5) is 0 Å². The van der Waals surface area contributed by atoms with Gasteiger partial charge in [-0.05, 0) is 37.3 Å². The first-order valence-corrected chi connectivity index (χ1v) is 8.21. The molecule has 2 aromatic heterocycles. The highest BCUT2D eigenvalue weighted by Crippen LogP contribution is 2.33. The number of hydrogen-bond donors (Lipinski definition) is 0. The summed E-state index contributed by atoms with van der Waals surface area (Å²) < 4.78 is 2.37. The fraction of sp³-hybridized carbons (Fsp3) is 0.625. The first-order valence-electron chi connectivity index (χ1n) is 7.67. The molecule has 0 aromatic carbocycles. The number of nitrogens with zero attached hydrogens (tertiary/aromatic N) is 3. The number of imidazole rings is 1. The van der Waals surface area contributed by atoms with E-state index in [0.29, 0.717) is 11.9 Å². The van der Waals surface area contributed by atoms with Crippen molar-refractivity contribution in [1.29, 1.82) is 0 Å². The van der Waals surface area contributed by atoms with E-state index in [1.54, 1.807) is 0 Å². The summed E-state index contributed by atoms with van der Waals surface area (Å²) in [6.07, 6.45) is 9.12. The topological polar surface area (TPSA) is 30.7 Å². The largest absolute Gasteiger partial charge is 0.310 e. The zero-order valence-electron chi connectivity index (χ0n) is 12.1. The maximum atomic E-state index is 5.96. The lowest BCUT2D eigenvalue weighted by Crippen LogP contribution is -2.13. The molecule has 2 unspecified atom stereocenters. The molecule has 0 bridgehead atoms. The van der Waals surface area contributed by atoms with Crippen LogP contribution in [0.25, 0.3) is 11.2 Å². The zero-order valence-corrected chi connectivity index (χ0v) is 12.8. The summed E-state index contributed by atoms with van der Waals surface area (Å²) in [5, 5.41) is 0. The average Bonchev–Trinajstić information content (AvgIpc) is 2.67. The van der Waals surface area contributed by atoms with E-state index in [-0.39, 0.29) is 0 Å². The fourth-order valence-corrected chi connectivity index (χ4v) is 3.52. The number of aryl methyl sites for hydroxylation is 1. The highest BCUT2D eigenvalue weighted by Gasteiger charge is 2.22. The van der Waals surface area contributed by atoms with Crippen LogP contribution in [0, 0.1) is 5.92 Å². The second kappa shape index (κ2) is 6.13. The maximum Gasteiger partial charge on any atom is 0.160 e. The Bertz CT molecular complexity index is 578. The van der Waals surface area contributed by atoms with Crippen LogP contribution in [0.2, 0.25) is 0 Å². The third-order valence-electron chi connectivity index (χ3n) is 4.43. The quantitative estimate of drug-likeness (QED) is 0.621. The van der Waals surface area contributed by atoms with Crippen LogP contribution in [-0.4, -0.2) is 20.4 Å². The summed E-state index contributed by atoms with van der Waals surface area (Å²) in [6, 6.07) is 4.55. The summed E-state index contributed by atoms with van der Waals surface area (Å²) in [4.78, 5) is 9.31. The van der Waals surface area contributed by atoms with Crippen molar-refractivity contribution in [3.05, 3.63) is 24.2 Å². The first-order chi connectivity index (χ1) is 9.79. The molecule has 1 aliphatic carbocycles. The molecule has 1 aliphatic rings. The van der Waals surface area contributed by atoms with Gasteiger partial charge in [-0.3, -0.25) is 0 Å². The van der Waals surface area contributed by atoms with Gasteiger partial charge >= 0.3 is 0 Å². The fourth-order valence-electron chi connectivity index (χ4n) is 3.35. The summed E-state index contributed by atoms with van der Waals surface area (Å²) in [7, 11) is 0. The number of pyridine rings is 1. The Kier molecular flexibility index (Phi) is 4.25. The molecular weight excluding hydrogens is 270 g/mol. The van der Waals surface area contributed by atoms with E-state index in [0.717, 1.165) is 29.3 Å². The van der Waals surface area contributed by atoms with Crippen molar-refractivity contribution >= 4 is 22.8 Å². The Balaban J connectivity index is 2.01. The van der Waals surface area contributed by atoms with Gasteiger partial charge in [0.25, 0.3) is 0 Å². The monoisotopic (exact) mass is 291 g/mol. The van der Waals surface area contributed by atoms with Crippen LogP contribution in [0.3, 0.4) is 0 Å². The second-order valence-corrected chi connectivity index (χ2v) is 6.33.